The van der Waals surface area contributed by atoms with Crippen LogP contribution in [0.2, 0.25) is 0 Å². The third-order valence-electron chi connectivity index (χ3n) is 5.59. The summed E-state index contributed by atoms with van der Waals surface area (Å²) in [6.45, 7) is 2.07. The number of hydrogen-bond acceptors (Lipinski definition) is 3. The molecule has 0 radical (unpaired) electrons. The highest BCUT2D eigenvalue weighted by Crippen LogP contribution is 2.30. The minimum absolute atomic E-state index is 0.143. The molecule has 0 spiro atoms. The zero-order valence-corrected chi connectivity index (χ0v) is 17.3. The predicted octanol–water partition coefficient (Wildman–Crippen LogP) is 4.89. The summed E-state index contributed by atoms with van der Waals surface area (Å²) in [5, 5.41) is 9.66. The molecule has 1 heterocycles. The highest BCUT2D eigenvalue weighted by Gasteiger charge is 2.53. The molecule has 3 rings (SSSR count). The van der Waals surface area contributed by atoms with Crippen LogP contribution < -0.4 is 0 Å². The maximum Gasteiger partial charge on any atom is 0.521 e. The van der Waals surface area contributed by atoms with Gasteiger partial charge in [-0.2, -0.15) is 9.28 Å². The number of Topliss-reactive ketones (excluding diaryl/α,β-unsaturated/α-hetero) is 1. The molecule has 0 aliphatic carbocycles. The van der Waals surface area contributed by atoms with E-state index in [0.29, 0.717) is 18.4 Å². The Balaban J connectivity index is 1.72. The van der Waals surface area contributed by atoms with Crippen LogP contribution in [0.25, 0.3) is 11.1 Å². The zero-order chi connectivity index (χ0) is 20.3. The van der Waals surface area contributed by atoms with Crippen molar-refractivity contribution in [3.8, 4) is 11.1 Å². The summed E-state index contributed by atoms with van der Waals surface area (Å²) in [6.07, 6.45) is 0.117. The van der Waals surface area contributed by atoms with Crippen LogP contribution in [0.3, 0.4) is 0 Å². The highest BCUT2D eigenvalue weighted by molar-refractivity contribution is 9.10. The van der Waals surface area contributed by atoms with Crippen molar-refractivity contribution >= 4 is 33.7 Å². The first-order valence-corrected chi connectivity index (χ1v) is 10.3. The zero-order valence-electron chi connectivity index (χ0n) is 15.7. The van der Waals surface area contributed by atoms with Gasteiger partial charge in [-0.3, -0.25) is 4.79 Å². The highest BCUT2D eigenvalue weighted by atomic mass is 79.9. The van der Waals surface area contributed by atoms with Gasteiger partial charge in [0.05, 0.1) is 17.8 Å². The number of imide groups is 1. The lowest BCUT2D eigenvalue weighted by atomic mass is 10.0. The number of carbonyl (C=O) groups excluding carboxylic acids is 2. The molecule has 2 aromatic rings. The maximum absolute atomic E-state index is 12.8. The third-order valence-corrected chi connectivity index (χ3v) is 6.33. The molecular formula is C22H23BrNO4+. The first-order valence-electron chi connectivity index (χ1n) is 9.34. The van der Waals surface area contributed by atoms with Gasteiger partial charge in [0.2, 0.25) is 0 Å². The molecule has 2 unspecified atom stereocenters. The summed E-state index contributed by atoms with van der Waals surface area (Å²) in [7, 11) is 0. The molecule has 146 valence electrons. The number of rotatable bonds is 5. The molecule has 0 saturated carbocycles. The quantitative estimate of drug-likeness (QED) is 0.404. The molecule has 1 fully saturated rings. The molecule has 2 amide bonds. The summed E-state index contributed by atoms with van der Waals surface area (Å²) in [5.41, 5.74) is 2.55. The van der Waals surface area contributed by atoms with E-state index < -0.39 is 21.3 Å². The number of halogens is 1. The van der Waals surface area contributed by atoms with E-state index in [1.54, 1.807) is 19.1 Å². The number of hydrogen-bond donors (Lipinski definition) is 1. The van der Waals surface area contributed by atoms with Crippen molar-refractivity contribution in [2.24, 2.45) is 0 Å². The lowest BCUT2D eigenvalue weighted by Gasteiger charge is -2.30. The van der Waals surface area contributed by atoms with Crippen LogP contribution in [0.5, 0.6) is 0 Å². The van der Waals surface area contributed by atoms with Crippen molar-refractivity contribution in [1.29, 1.82) is 0 Å². The number of carbonyl (C=O) groups is 3. The summed E-state index contributed by atoms with van der Waals surface area (Å²) in [5.74, 6) is -0.642. The van der Waals surface area contributed by atoms with Gasteiger partial charge < -0.3 is 5.11 Å². The average Bonchev–Trinajstić information content (AvgIpc) is 3.10. The van der Waals surface area contributed by atoms with Crippen LogP contribution >= 0.6 is 15.9 Å². The van der Waals surface area contributed by atoms with Crippen molar-refractivity contribution in [2.75, 3.05) is 6.54 Å². The van der Waals surface area contributed by atoms with Gasteiger partial charge in [0, 0.05) is 18.4 Å². The second-order valence-corrected chi connectivity index (χ2v) is 8.34. The van der Waals surface area contributed by atoms with Crippen LogP contribution in [-0.2, 0) is 4.79 Å². The number of alkyl halides is 1. The minimum Gasteiger partial charge on any atom is -0.435 e. The van der Waals surface area contributed by atoms with Crippen molar-refractivity contribution < 1.29 is 24.0 Å². The first-order chi connectivity index (χ1) is 13.4. The summed E-state index contributed by atoms with van der Waals surface area (Å²) in [4.78, 5) is 36.6. The van der Waals surface area contributed by atoms with E-state index in [-0.39, 0.29) is 24.8 Å². The van der Waals surface area contributed by atoms with E-state index in [2.05, 4.69) is 15.9 Å². The lowest BCUT2D eigenvalue weighted by molar-refractivity contribution is -0.792. The van der Waals surface area contributed by atoms with Gasteiger partial charge in [-0.15, -0.1) is 0 Å². The largest absolute Gasteiger partial charge is 0.521 e. The van der Waals surface area contributed by atoms with Crippen LogP contribution in [0.1, 0.15) is 36.5 Å². The molecule has 0 aromatic heterocycles. The van der Waals surface area contributed by atoms with E-state index in [1.807, 2.05) is 42.5 Å². The molecule has 5 nitrogen and oxygen atoms in total. The van der Waals surface area contributed by atoms with Crippen LogP contribution in [-0.4, -0.2) is 44.8 Å². The third kappa shape index (κ3) is 3.80. The van der Waals surface area contributed by atoms with E-state index in [0.717, 1.165) is 11.1 Å². The number of ketones is 1. The number of quaternary nitrogens is 1. The van der Waals surface area contributed by atoms with Gasteiger partial charge in [-0.05, 0) is 18.1 Å². The summed E-state index contributed by atoms with van der Waals surface area (Å²) >= 11 is 3.31. The van der Waals surface area contributed by atoms with E-state index in [1.165, 1.54) is 0 Å². The van der Waals surface area contributed by atoms with E-state index in [4.69, 9.17) is 0 Å². The molecule has 0 bridgehead atoms. The van der Waals surface area contributed by atoms with E-state index >= 15 is 0 Å². The summed E-state index contributed by atoms with van der Waals surface area (Å²) < 4.78 is -0.581. The number of carboxylic acid groups (broad SMARTS) is 1. The Labute approximate surface area is 172 Å². The summed E-state index contributed by atoms with van der Waals surface area (Å²) in [6, 6.07) is 16.8. The molecule has 2 aromatic carbocycles. The molecule has 3 atom stereocenters. The van der Waals surface area contributed by atoms with Crippen molar-refractivity contribution in [3.63, 3.8) is 0 Å². The standard InChI is InChI=1S/C22H22BrNO4/c1-15-6-5-13-24(15,22(27)28)20(25)14-19(23)21(26)18-11-9-17(10-12-18)16-7-3-2-4-8-16/h2-4,7-12,15,19H,5-6,13-14H2,1H3/p+1/t15-,19?,24?/m1/s1. The average molecular weight is 445 g/mol. The van der Waals surface area contributed by atoms with Gasteiger partial charge in [-0.25, -0.2) is 4.79 Å². The fourth-order valence-corrected chi connectivity index (χ4v) is 4.43. The van der Waals surface area contributed by atoms with Gasteiger partial charge in [0.25, 0.3) is 0 Å². The van der Waals surface area contributed by atoms with Crippen LogP contribution in [0.15, 0.2) is 54.6 Å². The second kappa shape index (κ2) is 8.37. The Kier molecular flexibility index (Phi) is 6.10. The second-order valence-electron chi connectivity index (χ2n) is 7.24. The lowest BCUT2D eigenvalue weighted by Crippen LogP contribution is -2.59. The Morgan fingerprint density at radius 1 is 1.07 bits per heavy atom. The Hall–Kier alpha value is -2.31. The van der Waals surface area contributed by atoms with Crippen molar-refractivity contribution in [1.82, 2.24) is 0 Å². The van der Waals surface area contributed by atoms with Gasteiger partial charge in [-0.1, -0.05) is 70.5 Å². The Morgan fingerprint density at radius 3 is 2.21 bits per heavy atom. The number of benzene rings is 2. The number of likely N-dealkylation sites (tertiary alicyclic amines) is 1. The SMILES string of the molecule is C[C@@H]1CCC[N+]1(C(=O)O)C(=O)CC(Br)C(=O)c1ccc(-c2ccccc2)cc1. The fraction of sp³-hybridized carbons (Fsp3) is 0.318. The van der Waals surface area contributed by atoms with Gasteiger partial charge >= 0.3 is 12.0 Å². The van der Waals surface area contributed by atoms with Crippen molar-refractivity contribution in [2.45, 2.75) is 37.1 Å². The maximum atomic E-state index is 12.8. The Bertz CT molecular complexity index is 881. The monoisotopic (exact) mass is 444 g/mol. The number of nitrogens with zero attached hydrogens (tertiary/aromatic N) is 1. The molecule has 28 heavy (non-hydrogen) atoms. The molecule has 1 N–H and O–H groups in total. The topological polar surface area (TPSA) is 71.4 Å². The van der Waals surface area contributed by atoms with Crippen LogP contribution in [0, 0.1) is 0 Å². The molecular weight excluding hydrogens is 422 g/mol. The van der Waals surface area contributed by atoms with E-state index in [9.17, 15) is 19.5 Å². The molecule has 1 aliphatic heterocycles. The minimum atomic E-state index is -1.13. The molecule has 1 aliphatic rings. The number of amides is 2. The fourth-order valence-electron chi connectivity index (χ4n) is 3.89. The van der Waals surface area contributed by atoms with Crippen molar-refractivity contribution in [3.05, 3.63) is 60.2 Å². The normalized spacial score (nSPS) is 22.6. The molecule has 1 saturated heterocycles. The first kappa shape index (κ1) is 20.4. The van der Waals surface area contributed by atoms with Gasteiger partial charge in [0.15, 0.2) is 5.78 Å². The van der Waals surface area contributed by atoms with Crippen LogP contribution in [0.4, 0.5) is 4.79 Å². The smallest absolute Gasteiger partial charge is 0.435 e. The van der Waals surface area contributed by atoms with Gasteiger partial charge in [0.1, 0.15) is 6.04 Å². The Morgan fingerprint density at radius 2 is 1.68 bits per heavy atom. The molecule has 6 heteroatoms. The predicted molar refractivity (Wildman–Crippen MR) is 110 cm³/mol.